The van der Waals surface area contributed by atoms with Crippen LogP contribution in [0.4, 0.5) is 4.39 Å². The van der Waals surface area contributed by atoms with E-state index >= 15 is 0 Å². The molecular weight excluding hydrogens is 479 g/mol. The largest absolute Gasteiger partial charge is 0.505 e. The monoisotopic (exact) mass is 504 g/mol. The summed E-state index contributed by atoms with van der Waals surface area (Å²) < 4.78 is 14.8. The summed E-state index contributed by atoms with van der Waals surface area (Å²) in [5.74, 6) is 0.557. The molecule has 1 aliphatic rings. The van der Waals surface area contributed by atoms with Crippen LogP contribution in [0, 0.1) is 5.82 Å². The summed E-state index contributed by atoms with van der Waals surface area (Å²) in [6.45, 7) is 0.158. The van der Waals surface area contributed by atoms with Crippen LogP contribution in [-0.4, -0.2) is 43.1 Å². The average molecular weight is 505 g/mol. The van der Waals surface area contributed by atoms with Crippen LogP contribution >= 0.6 is 11.8 Å². The number of fused-ring (bicyclic) bond motifs is 1. The van der Waals surface area contributed by atoms with Crippen molar-refractivity contribution >= 4 is 28.7 Å². The highest BCUT2D eigenvalue weighted by Gasteiger charge is 2.26. The molecule has 0 aliphatic carbocycles. The number of carbonyl (C=O) groups excluding carboxylic acids is 1. The molecule has 1 amide bonds. The molecular formula is C27H25FN4O3S. The number of rotatable bonds is 6. The number of thioether (sulfide) groups is 1. The molecule has 0 saturated carbocycles. The molecule has 1 fully saturated rings. The van der Waals surface area contributed by atoms with Gasteiger partial charge in [-0.3, -0.25) is 19.6 Å². The van der Waals surface area contributed by atoms with Crippen LogP contribution in [0.3, 0.4) is 0 Å². The summed E-state index contributed by atoms with van der Waals surface area (Å²) in [7, 11) is 0. The van der Waals surface area contributed by atoms with Crippen molar-refractivity contribution < 1.29 is 14.3 Å². The summed E-state index contributed by atoms with van der Waals surface area (Å²) >= 11 is 1.83. The zero-order valence-electron chi connectivity index (χ0n) is 19.5. The maximum Gasteiger partial charge on any atom is 0.268 e. The van der Waals surface area contributed by atoms with E-state index in [0.717, 1.165) is 41.0 Å². The van der Waals surface area contributed by atoms with E-state index in [2.05, 4.69) is 15.3 Å². The van der Waals surface area contributed by atoms with Crippen molar-refractivity contribution in [3.05, 3.63) is 99.5 Å². The molecule has 1 aliphatic heterocycles. The number of hydrogen-bond donors (Lipinski definition) is 2. The Balaban J connectivity index is 1.59. The van der Waals surface area contributed by atoms with Gasteiger partial charge < -0.3 is 15.0 Å². The lowest BCUT2D eigenvalue weighted by molar-refractivity contribution is 0.0930. The fourth-order valence-corrected chi connectivity index (χ4v) is 5.52. The minimum atomic E-state index is -0.590. The van der Waals surface area contributed by atoms with Gasteiger partial charge in [0.2, 0.25) is 0 Å². The Hall–Kier alpha value is -3.72. The van der Waals surface area contributed by atoms with E-state index < -0.39 is 17.2 Å². The summed E-state index contributed by atoms with van der Waals surface area (Å²) in [6, 6.07) is 11.5. The summed E-state index contributed by atoms with van der Waals surface area (Å²) in [5, 5.41) is 14.0. The van der Waals surface area contributed by atoms with Crippen molar-refractivity contribution in [2.75, 3.05) is 11.5 Å². The number of benzene rings is 1. The van der Waals surface area contributed by atoms with Crippen molar-refractivity contribution in [1.29, 1.82) is 0 Å². The van der Waals surface area contributed by atoms with Crippen molar-refractivity contribution in [1.82, 2.24) is 19.9 Å². The minimum Gasteiger partial charge on any atom is -0.505 e. The van der Waals surface area contributed by atoms with Crippen LogP contribution in [0.1, 0.15) is 39.9 Å². The van der Waals surface area contributed by atoms with Gasteiger partial charge in [-0.2, -0.15) is 11.8 Å². The van der Waals surface area contributed by atoms with Gasteiger partial charge in [0.1, 0.15) is 16.9 Å². The maximum absolute atomic E-state index is 13.6. The zero-order valence-corrected chi connectivity index (χ0v) is 20.3. The SMILES string of the molecule is O=C(NC1CCSCC1)c1c(O)c2ncc(Cc3ccc(F)cc3)cc2n(Cc2cccnc2)c1=O. The van der Waals surface area contributed by atoms with Gasteiger partial charge in [-0.15, -0.1) is 0 Å². The molecule has 4 aromatic rings. The quantitative estimate of drug-likeness (QED) is 0.413. The van der Waals surface area contributed by atoms with E-state index in [1.54, 1.807) is 42.9 Å². The molecule has 5 rings (SSSR count). The van der Waals surface area contributed by atoms with Crippen LogP contribution in [-0.2, 0) is 13.0 Å². The van der Waals surface area contributed by atoms with Crippen LogP contribution in [0.5, 0.6) is 5.75 Å². The lowest BCUT2D eigenvalue weighted by atomic mass is 10.0. The second-order valence-corrected chi connectivity index (χ2v) is 10.1. The maximum atomic E-state index is 13.6. The fourth-order valence-electron chi connectivity index (χ4n) is 4.42. The summed E-state index contributed by atoms with van der Waals surface area (Å²) in [6.07, 6.45) is 7.00. The Morgan fingerprint density at radius 1 is 1.11 bits per heavy atom. The third-order valence-electron chi connectivity index (χ3n) is 6.30. The number of nitrogens with one attached hydrogen (secondary N) is 1. The van der Waals surface area contributed by atoms with Crippen LogP contribution in [0.25, 0.3) is 11.0 Å². The molecule has 0 spiro atoms. The second-order valence-electron chi connectivity index (χ2n) is 8.85. The van der Waals surface area contributed by atoms with Crippen molar-refractivity contribution in [2.45, 2.75) is 31.8 Å². The summed E-state index contributed by atoms with van der Waals surface area (Å²) in [4.78, 5) is 35.4. The topological polar surface area (TPSA) is 97.1 Å². The van der Waals surface area contributed by atoms with Crippen molar-refractivity contribution in [3.8, 4) is 5.75 Å². The third-order valence-corrected chi connectivity index (χ3v) is 7.35. The van der Waals surface area contributed by atoms with Gasteiger partial charge in [0.25, 0.3) is 11.5 Å². The van der Waals surface area contributed by atoms with E-state index in [4.69, 9.17) is 0 Å². The molecule has 1 saturated heterocycles. The van der Waals surface area contributed by atoms with E-state index in [0.29, 0.717) is 11.9 Å². The van der Waals surface area contributed by atoms with Gasteiger partial charge in [-0.1, -0.05) is 18.2 Å². The molecule has 4 heterocycles. The number of amides is 1. The van der Waals surface area contributed by atoms with Gasteiger partial charge in [0.05, 0.1) is 12.1 Å². The number of halogens is 1. The highest BCUT2D eigenvalue weighted by molar-refractivity contribution is 7.99. The van der Waals surface area contributed by atoms with Crippen molar-refractivity contribution in [3.63, 3.8) is 0 Å². The van der Waals surface area contributed by atoms with Crippen LogP contribution in [0.15, 0.2) is 65.8 Å². The van der Waals surface area contributed by atoms with Crippen LogP contribution in [0.2, 0.25) is 0 Å². The Kier molecular flexibility index (Phi) is 6.99. The number of carbonyl (C=O) groups is 1. The van der Waals surface area contributed by atoms with Gasteiger partial charge in [0.15, 0.2) is 5.75 Å². The fraction of sp³-hybridized carbons (Fsp3) is 0.259. The molecule has 9 heteroatoms. The first kappa shape index (κ1) is 24.0. The Morgan fingerprint density at radius 2 is 1.89 bits per heavy atom. The molecule has 184 valence electrons. The normalized spacial score (nSPS) is 14.1. The lowest BCUT2D eigenvalue weighted by Gasteiger charge is -2.23. The van der Waals surface area contributed by atoms with E-state index in [1.807, 2.05) is 17.8 Å². The first-order valence-corrected chi connectivity index (χ1v) is 12.9. The van der Waals surface area contributed by atoms with E-state index in [1.165, 1.54) is 16.7 Å². The highest BCUT2D eigenvalue weighted by atomic mass is 32.2. The molecule has 36 heavy (non-hydrogen) atoms. The van der Waals surface area contributed by atoms with E-state index in [9.17, 15) is 19.1 Å². The first-order valence-electron chi connectivity index (χ1n) is 11.8. The zero-order chi connectivity index (χ0) is 25.1. The smallest absolute Gasteiger partial charge is 0.268 e. The molecule has 0 unspecified atom stereocenters. The predicted molar refractivity (Wildman–Crippen MR) is 138 cm³/mol. The minimum absolute atomic E-state index is 0.0361. The van der Waals surface area contributed by atoms with Gasteiger partial charge in [-0.05, 0) is 71.7 Å². The van der Waals surface area contributed by atoms with Crippen LogP contribution < -0.4 is 10.9 Å². The number of hydrogen-bond acceptors (Lipinski definition) is 6. The molecule has 7 nitrogen and oxygen atoms in total. The Morgan fingerprint density at radius 3 is 2.61 bits per heavy atom. The molecule has 0 radical (unpaired) electrons. The second kappa shape index (κ2) is 10.5. The standard InChI is InChI=1S/C27H25FN4O3S/c28-20-5-3-17(4-6-20)12-19-13-22-24(30-15-19)25(33)23(26(34)31-21-7-10-36-11-8-21)27(35)32(22)16-18-2-1-9-29-14-18/h1-6,9,13-15,21,33H,7-8,10-12,16H2,(H,31,34). The molecule has 0 atom stereocenters. The van der Waals surface area contributed by atoms with Gasteiger partial charge in [0, 0.05) is 24.6 Å². The van der Waals surface area contributed by atoms with Gasteiger partial charge in [-0.25, -0.2) is 4.39 Å². The summed E-state index contributed by atoms with van der Waals surface area (Å²) in [5.41, 5.74) is 2.12. The number of nitrogens with zero attached hydrogens (tertiary/aromatic N) is 3. The third kappa shape index (κ3) is 5.11. The number of aromatic nitrogens is 3. The number of pyridine rings is 3. The number of aromatic hydroxyl groups is 1. The Labute approximate surface area is 211 Å². The van der Waals surface area contributed by atoms with Crippen molar-refractivity contribution in [2.24, 2.45) is 0 Å². The van der Waals surface area contributed by atoms with E-state index in [-0.39, 0.29) is 29.5 Å². The molecule has 0 bridgehead atoms. The molecule has 1 aromatic carbocycles. The first-order chi connectivity index (χ1) is 17.5. The average Bonchev–Trinajstić information content (AvgIpc) is 2.89. The molecule has 3 aromatic heterocycles. The lowest BCUT2D eigenvalue weighted by Crippen LogP contribution is -2.41. The molecule has 2 N–H and O–H groups in total. The van der Waals surface area contributed by atoms with Gasteiger partial charge >= 0.3 is 0 Å². The Bertz CT molecular complexity index is 1450. The highest BCUT2D eigenvalue weighted by Crippen LogP contribution is 2.27. The predicted octanol–water partition coefficient (Wildman–Crippen LogP) is 3.90.